The summed E-state index contributed by atoms with van der Waals surface area (Å²) >= 11 is 0. The number of benzene rings is 2. The number of nitrogens with one attached hydrogen (secondary N) is 1. The van der Waals surface area contributed by atoms with Crippen molar-refractivity contribution in [1.29, 1.82) is 0 Å². The second-order valence-corrected chi connectivity index (χ2v) is 5.64. The zero-order chi connectivity index (χ0) is 16.9. The van der Waals surface area contributed by atoms with Crippen molar-refractivity contribution >= 4 is 0 Å². The number of hydrogen-bond donors (Lipinski definition) is 1. The van der Waals surface area contributed by atoms with Crippen molar-refractivity contribution in [1.82, 2.24) is 5.32 Å². The van der Waals surface area contributed by atoms with Crippen molar-refractivity contribution in [3.63, 3.8) is 0 Å². The van der Waals surface area contributed by atoms with Gasteiger partial charge in [-0.25, -0.2) is 4.39 Å². The molecule has 0 spiro atoms. The van der Waals surface area contributed by atoms with E-state index in [2.05, 4.69) is 5.32 Å². The fraction of sp³-hybridized carbons (Fsp3) is 0.333. The summed E-state index contributed by atoms with van der Waals surface area (Å²) in [6.07, 6.45) is -2.61. The van der Waals surface area contributed by atoms with Crippen molar-refractivity contribution in [3.05, 3.63) is 71.0 Å². The van der Waals surface area contributed by atoms with Crippen molar-refractivity contribution in [2.24, 2.45) is 0 Å². The minimum Gasteiger partial charge on any atom is -0.310 e. The largest absolute Gasteiger partial charge is 0.416 e. The molecule has 5 heteroatoms. The second kappa shape index (κ2) is 7.59. The summed E-state index contributed by atoms with van der Waals surface area (Å²) in [5.74, 6) is -0.248. The minimum atomic E-state index is -4.30. The Hall–Kier alpha value is -1.88. The molecule has 2 aromatic carbocycles. The first-order valence-electron chi connectivity index (χ1n) is 7.48. The van der Waals surface area contributed by atoms with Gasteiger partial charge in [-0.05, 0) is 55.2 Å². The Morgan fingerprint density at radius 1 is 0.913 bits per heavy atom. The first kappa shape index (κ1) is 17.5. The molecule has 23 heavy (non-hydrogen) atoms. The molecule has 124 valence electrons. The van der Waals surface area contributed by atoms with Crippen LogP contribution in [0.1, 0.15) is 30.0 Å². The van der Waals surface area contributed by atoms with Gasteiger partial charge in [-0.2, -0.15) is 13.2 Å². The van der Waals surface area contributed by atoms with E-state index in [9.17, 15) is 17.6 Å². The lowest BCUT2D eigenvalue weighted by molar-refractivity contribution is -0.137. The number of halogens is 4. The zero-order valence-corrected chi connectivity index (χ0v) is 12.8. The van der Waals surface area contributed by atoms with E-state index in [0.29, 0.717) is 6.54 Å². The van der Waals surface area contributed by atoms with Gasteiger partial charge >= 0.3 is 6.18 Å². The summed E-state index contributed by atoms with van der Waals surface area (Å²) in [7, 11) is 0. The molecule has 0 fully saturated rings. The van der Waals surface area contributed by atoms with E-state index in [4.69, 9.17) is 0 Å². The Balaban J connectivity index is 1.77. The molecule has 0 heterocycles. The van der Waals surface area contributed by atoms with Gasteiger partial charge < -0.3 is 5.32 Å². The summed E-state index contributed by atoms with van der Waals surface area (Å²) in [4.78, 5) is 0. The summed E-state index contributed by atoms with van der Waals surface area (Å²) < 4.78 is 50.3. The van der Waals surface area contributed by atoms with E-state index >= 15 is 0 Å². The third-order valence-corrected chi connectivity index (χ3v) is 3.72. The fourth-order valence-corrected chi connectivity index (χ4v) is 2.24. The molecule has 0 aromatic heterocycles. The van der Waals surface area contributed by atoms with Crippen LogP contribution in [0.25, 0.3) is 0 Å². The van der Waals surface area contributed by atoms with Crippen LogP contribution in [0.2, 0.25) is 0 Å². The molecule has 0 saturated heterocycles. The fourth-order valence-electron chi connectivity index (χ4n) is 2.24. The van der Waals surface area contributed by atoms with Crippen molar-refractivity contribution in [2.75, 3.05) is 0 Å². The van der Waals surface area contributed by atoms with Crippen LogP contribution in [0.3, 0.4) is 0 Å². The highest BCUT2D eigenvalue weighted by atomic mass is 19.4. The lowest BCUT2D eigenvalue weighted by Gasteiger charge is -2.14. The van der Waals surface area contributed by atoms with Gasteiger partial charge in [0.05, 0.1) is 5.56 Å². The van der Waals surface area contributed by atoms with Gasteiger partial charge in [-0.15, -0.1) is 0 Å². The molecular weight excluding hydrogens is 306 g/mol. The van der Waals surface area contributed by atoms with Crippen LogP contribution in [0.15, 0.2) is 48.5 Å². The van der Waals surface area contributed by atoms with E-state index in [1.807, 2.05) is 6.92 Å². The average Bonchev–Trinajstić information content (AvgIpc) is 2.52. The van der Waals surface area contributed by atoms with Crippen LogP contribution in [0.5, 0.6) is 0 Å². The molecule has 1 unspecified atom stereocenters. The number of aryl methyl sites for hydroxylation is 1. The van der Waals surface area contributed by atoms with Crippen molar-refractivity contribution < 1.29 is 17.6 Å². The van der Waals surface area contributed by atoms with Crippen molar-refractivity contribution in [3.8, 4) is 0 Å². The Kier molecular flexibility index (Phi) is 5.77. The maximum Gasteiger partial charge on any atom is 0.416 e. The predicted molar refractivity (Wildman–Crippen MR) is 82.5 cm³/mol. The Morgan fingerprint density at radius 2 is 1.48 bits per heavy atom. The topological polar surface area (TPSA) is 12.0 Å². The molecule has 2 rings (SSSR count). The van der Waals surface area contributed by atoms with Crippen LogP contribution in [-0.4, -0.2) is 6.04 Å². The van der Waals surface area contributed by atoms with E-state index in [0.717, 1.165) is 36.1 Å². The number of hydrogen-bond acceptors (Lipinski definition) is 1. The Bertz CT molecular complexity index is 602. The minimum absolute atomic E-state index is 0.211. The summed E-state index contributed by atoms with van der Waals surface area (Å²) in [5.41, 5.74) is 1.24. The number of alkyl halides is 3. The van der Waals surface area contributed by atoms with Crippen LogP contribution in [0, 0.1) is 5.82 Å². The van der Waals surface area contributed by atoms with Gasteiger partial charge in [0.25, 0.3) is 0 Å². The third-order valence-electron chi connectivity index (χ3n) is 3.72. The molecule has 0 saturated carbocycles. The van der Waals surface area contributed by atoms with Gasteiger partial charge in [0.2, 0.25) is 0 Å². The maximum atomic E-state index is 12.8. The highest BCUT2D eigenvalue weighted by molar-refractivity contribution is 5.24. The molecule has 0 aliphatic rings. The monoisotopic (exact) mass is 325 g/mol. The molecule has 0 bridgehead atoms. The predicted octanol–water partition coefficient (Wildman–Crippen LogP) is 4.96. The SMILES string of the molecule is CC(CCc1ccc(F)cc1)NCc1ccc(C(F)(F)F)cc1. The molecule has 1 N–H and O–H groups in total. The Morgan fingerprint density at radius 3 is 2.04 bits per heavy atom. The molecule has 1 atom stereocenters. The molecule has 0 amide bonds. The average molecular weight is 325 g/mol. The summed E-state index contributed by atoms with van der Waals surface area (Å²) in [5, 5.41) is 3.28. The van der Waals surface area contributed by atoms with Crippen molar-refractivity contribution in [2.45, 2.75) is 38.5 Å². The molecular formula is C18H19F4N. The lowest BCUT2D eigenvalue weighted by atomic mass is 10.1. The van der Waals surface area contributed by atoms with Crippen LogP contribution < -0.4 is 5.32 Å². The van der Waals surface area contributed by atoms with E-state index < -0.39 is 11.7 Å². The summed E-state index contributed by atoms with van der Waals surface area (Å²) in [6.45, 7) is 2.54. The zero-order valence-electron chi connectivity index (χ0n) is 12.8. The normalized spacial score (nSPS) is 13.1. The highest BCUT2D eigenvalue weighted by Crippen LogP contribution is 2.29. The lowest BCUT2D eigenvalue weighted by Crippen LogP contribution is -2.26. The maximum absolute atomic E-state index is 12.8. The quantitative estimate of drug-likeness (QED) is 0.741. The molecule has 0 aliphatic heterocycles. The smallest absolute Gasteiger partial charge is 0.310 e. The Labute approximate surface area is 133 Å². The molecule has 0 radical (unpaired) electrons. The van der Waals surface area contributed by atoms with Gasteiger partial charge in [-0.3, -0.25) is 0 Å². The van der Waals surface area contributed by atoms with E-state index in [1.165, 1.54) is 24.3 Å². The van der Waals surface area contributed by atoms with Crippen LogP contribution >= 0.6 is 0 Å². The van der Waals surface area contributed by atoms with Gasteiger partial charge in [0, 0.05) is 12.6 Å². The van der Waals surface area contributed by atoms with Crippen LogP contribution in [0.4, 0.5) is 17.6 Å². The highest BCUT2D eigenvalue weighted by Gasteiger charge is 2.29. The number of rotatable bonds is 6. The second-order valence-electron chi connectivity index (χ2n) is 5.64. The first-order chi connectivity index (χ1) is 10.8. The van der Waals surface area contributed by atoms with Gasteiger partial charge in [0.1, 0.15) is 5.82 Å². The third kappa shape index (κ3) is 5.67. The van der Waals surface area contributed by atoms with E-state index in [1.54, 1.807) is 12.1 Å². The van der Waals surface area contributed by atoms with Gasteiger partial charge in [-0.1, -0.05) is 24.3 Å². The molecule has 1 nitrogen and oxygen atoms in total. The van der Waals surface area contributed by atoms with E-state index in [-0.39, 0.29) is 11.9 Å². The summed E-state index contributed by atoms with van der Waals surface area (Å²) in [6, 6.07) is 11.8. The van der Waals surface area contributed by atoms with Crippen LogP contribution in [-0.2, 0) is 19.1 Å². The standard InChI is InChI=1S/C18H19F4N/c1-13(2-3-14-6-10-17(19)11-7-14)23-12-15-4-8-16(9-5-15)18(20,21)22/h4-11,13,23H,2-3,12H2,1H3. The van der Waals surface area contributed by atoms with Gasteiger partial charge in [0.15, 0.2) is 0 Å². The molecule has 0 aliphatic carbocycles. The first-order valence-corrected chi connectivity index (χ1v) is 7.48. The molecule has 2 aromatic rings.